The largest absolute Gasteiger partial charge is 0.478 e. The maximum absolute atomic E-state index is 11.3. The number of aromatic carboxylic acids is 1. The van der Waals surface area contributed by atoms with Crippen LogP contribution in [0.25, 0.3) is 0 Å². The molecule has 0 unspecified atom stereocenters. The number of benzene rings is 1. The van der Waals surface area contributed by atoms with Crippen LogP contribution in [0.4, 0.5) is 0 Å². The number of carbonyl (C=O) groups is 1. The minimum absolute atomic E-state index is 0.142. The molecule has 0 atom stereocenters. The van der Waals surface area contributed by atoms with Crippen molar-refractivity contribution in [2.24, 2.45) is 0 Å². The van der Waals surface area contributed by atoms with E-state index in [1.54, 1.807) is 16.8 Å². The summed E-state index contributed by atoms with van der Waals surface area (Å²) in [5, 5.41) is 14.5. The molecule has 104 valence electrons. The fourth-order valence-electron chi connectivity index (χ4n) is 2.17. The molecular weight excluding hydrogens is 299 g/mol. The van der Waals surface area contributed by atoms with Gasteiger partial charge in [0.1, 0.15) is 10.7 Å². The average molecular weight is 311 g/mol. The number of carboxylic acids is 1. The number of hydrogen-bond acceptors (Lipinski definition) is 2. The molecule has 1 aliphatic rings. The van der Waals surface area contributed by atoms with E-state index in [2.05, 4.69) is 5.10 Å². The molecule has 0 amide bonds. The first-order valence-electron chi connectivity index (χ1n) is 6.30. The molecule has 1 aromatic heterocycles. The van der Waals surface area contributed by atoms with Gasteiger partial charge in [-0.3, -0.25) is 0 Å². The van der Waals surface area contributed by atoms with Gasteiger partial charge >= 0.3 is 5.97 Å². The van der Waals surface area contributed by atoms with Crippen LogP contribution in [0, 0.1) is 0 Å². The highest BCUT2D eigenvalue weighted by Crippen LogP contribution is 2.42. The van der Waals surface area contributed by atoms with Crippen molar-refractivity contribution in [2.45, 2.75) is 25.3 Å². The minimum atomic E-state index is -1.01. The number of rotatable bonds is 4. The van der Waals surface area contributed by atoms with Gasteiger partial charge in [-0.2, -0.15) is 5.10 Å². The Morgan fingerprint density at radius 3 is 2.50 bits per heavy atom. The van der Waals surface area contributed by atoms with E-state index in [1.165, 1.54) is 0 Å². The number of hydrogen-bond donors (Lipinski definition) is 1. The molecule has 1 aromatic carbocycles. The second kappa shape index (κ2) is 5.11. The first-order chi connectivity index (χ1) is 9.56. The van der Waals surface area contributed by atoms with Gasteiger partial charge in [-0.05, 0) is 30.5 Å². The van der Waals surface area contributed by atoms with E-state index in [1.807, 2.05) is 12.1 Å². The lowest BCUT2D eigenvalue weighted by Crippen LogP contribution is -2.03. The molecule has 0 aliphatic heterocycles. The fourth-order valence-corrected chi connectivity index (χ4v) is 2.57. The first-order valence-corrected chi connectivity index (χ1v) is 7.06. The zero-order valence-electron chi connectivity index (χ0n) is 10.5. The minimum Gasteiger partial charge on any atom is -0.478 e. The summed E-state index contributed by atoms with van der Waals surface area (Å²) in [6, 6.07) is 7.32. The van der Waals surface area contributed by atoms with Crippen LogP contribution >= 0.6 is 23.2 Å². The van der Waals surface area contributed by atoms with E-state index in [9.17, 15) is 9.90 Å². The number of carboxylic acid groups (broad SMARTS) is 1. The summed E-state index contributed by atoms with van der Waals surface area (Å²) in [4.78, 5) is 11.3. The first kappa shape index (κ1) is 13.5. The van der Waals surface area contributed by atoms with E-state index >= 15 is 0 Å². The number of halogens is 2. The van der Waals surface area contributed by atoms with Crippen molar-refractivity contribution >= 4 is 29.2 Å². The molecule has 1 aliphatic carbocycles. The molecule has 1 saturated carbocycles. The Balaban J connectivity index is 1.95. The molecule has 1 heterocycles. The Labute approximate surface area is 125 Å². The Morgan fingerprint density at radius 1 is 1.30 bits per heavy atom. The van der Waals surface area contributed by atoms with Gasteiger partial charge in [-0.15, -0.1) is 0 Å². The molecule has 0 spiro atoms. The van der Waals surface area contributed by atoms with Gasteiger partial charge in [0.25, 0.3) is 0 Å². The van der Waals surface area contributed by atoms with E-state index < -0.39 is 5.97 Å². The summed E-state index contributed by atoms with van der Waals surface area (Å²) in [5.74, 6) is -0.774. The van der Waals surface area contributed by atoms with Crippen LogP contribution in [0.15, 0.2) is 24.3 Å². The van der Waals surface area contributed by atoms with E-state index in [-0.39, 0.29) is 16.6 Å². The fraction of sp³-hybridized carbons (Fsp3) is 0.286. The van der Waals surface area contributed by atoms with Crippen molar-refractivity contribution in [3.8, 4) is 0 Å². The highest BCUT2D eigenvalue weighted by atomic mass is 35.5. The molecule has 1 fully saturated rings. The molecule has 20 heavy (non-hydrogen) atoms. The van der Waals surface area contributed by atoms with Gasteiger partial charge < -0.3 is 5.11 Å². The molecule has 2 aromatic rings. The molecular formula is C14H12Cl2N2O2. The predicted octanol–water partition coefficient (Wildman–Crippen LogP) is 3.81. The predicted molar refractivity (Wildman–Crippen MR) is 76.7 cm³/mol. The standard InChI is InChI=1S/C14H12Cl2N2O2/c15-10-5-1-8(2-6-10)7-18-13(16)11(14(19)20)12(17-18)9-3-4-9/h1-2,5-6,9H,3-4,7H2,(H,19,20). The second-order valence-electron chi connectivity index (χ2n) is 4.91. The second-order valence-corrected chi connectivity index (χ2v) is 5.71. The molecule has 0 saturated heterocycles. The summed E-state index contributed by atoms with van der Waals surface area (Å²) in [7, 11) is 0. The SMILES string of the molecule is O=C(O)c1c(C2CC2)nn(Cc2ccc(Cl)cc2)c1Cl. The third-order valence-corrected chi connectivity index (χ3v) is 3.98. The van der Waals surface area contributed by atoms with Crippen molar-refractivity contribution in [1.82, 2.24) is 9.78 Å². The number of nitrogens with zero attached hydrogens (tertiary/aromatic N) is 2. The van der Waals surface area contributed by atoms with Crippen LogP contribution < -0.4 is 0 Å². The van der Waals surface area contributed by atoms with Gasteiger partial charge in [0.05, 0.1) is 12.2 Å². The monoisotopic (exact) mass is 310 g/mol. The molecule has 6 heteroatoms. The Kier molecular flexibility index (Phi) is 3.44. The molecule has 3 rings (SSSR count). The van der Waals surface area contributed by atoms with Gasteiger partial charge in [-0.25, -0.2) is 9.48 Å². The summed E-state index contributed by atoms with van der Waals surface area (Å²) in [6.45, 7) is 0.434. The van der Waals surface area contributed by atoms with Crippen LogP contribution in [-0.4, -0.2) is 20.9 Å². The number of aromatic nitrogens is 2. The van der Waals surface area contributed by atoms with Crippen molar-refractivity contribution < 1.29 is 9.90 Å². The normalized spacial score (nSPS) is 14.5. The van der Waals surface area contributed by atoms with E-state index in [0.29, 0.717) is 17.3 Å². The quantitative estimate of drug-likeness (QED) is 0.934. The lowest BCUT2D eigenvalue weighted by molar-refractivity contribution is 0.0695. The molecule has 1 N–H and O–H groups in total. The Morgan fingerprint density at radius 2 is 1.95 bits per heavy atom. The van der Waals surface area contributed by atoms with Crippen molar-refractivity contribution in [3.05, 3.63) is 51.3 Å². The third kappa shape index (κ3) is 2.53. The maximum Gasteiger partial charge on any atom is 0.340 e. The van der Waals surface area contributed by atoms with Crippen LogP contribution in [0.3, 0.4) is 0 Å². The summed E-state index contributed by atoms with van der Waals surface area (Å²) < 4.78 is 1.54. The van der Waals surface area contributed by atoms with Crippen molar-refractivity contribution in [1.29, 1.82) is 0 Å². The lowest BCUT2D eigenvalue weighted by atomic mass is 10.2. The topological polar surface area (TPSA) is 55.1 Å². The van der Waals surface area contributed by atoms with E-state index in [0.717, 1.165) is 18.4 Å². The van der Waals surface area contributed by atoms with Crippen LogP contribution in [0.2, 0.25) is 10.2 Å². The smallest absolute Gasteiger partial charge is 0.340 e. The van der Waals surface area contributed by atoms with Crippen molar-refractivity contribution in [2.75, 3.05) is 0 Å². The highest BCUT2D eigenvalue weighted by molar-refractivity contribution is 6.32. The van der Waals surface area contributed by atoms with Gasteiger partial charge in [0.15, 0.2) is 0 Å². The zero-order chi connectivity index (χ0) is 14.3. The Hall–Kier alpha value is -1.52. The summed E-state index contributed by atoms with van der Waals surface area (Å²) in [6.07, 6.45) is 1.96. The molecule has 0 bridgehead atoms. The zero-order valence-corrected chi connectivity index (χ0v) is 12.0. The summed E-state index contributed by atoms with van der Waals surface area (Å²) >= 11 is 12.0. The maximum atomic E-state index is 11.3. The molecule has 0 radical (unpaired) electrons. The van der Waals surface area contributed by atoms with E-state index in [4.69, 9.17) is 23.2 Å². The van der Waals surface area contributed by atoms with Gasteiger partial charge in [-0.1, -0.05) is 35.3 Å². The molecule has 4 nitrogen and oxygen atoms in total. The van der Waals surface area contributed by atoms with Crippen LogP contribution in [0.1, 0.15) is 40.4 Å². The average Bonchev–Trinajstić information content (AvgIpc) is 3.18. The van der Waals surface area contributed by atoms with Crippen LogP contribution in [0.5, 0.6) is 0 Å². The highest BCUT2D eigenvalue weighted by Gasteiger charge is 2.34. The summed E-state index contributed by atoms with van der Waals surface area (Å²) in [5.41, 5.74) is 1.72. The van der Waals surface area contributed by atoms with Crippen molar-refractivity contribution in [3.63, 3.8) is 0 Å². The van der Waals surface area contributed by atoms with Gasteiger partial charge in [0.2, 0.25) is 0 Å². The van der Waals surface area contributed by atoms with Gasteiger partial charge in [0, 0.05) is 10.9 Å². The van der Waals surface area contributed by atoms with Crippen LogP contribution in [-0.2, 0) is 6.54 Å². The Bertz CT molecular complexity index is 661. The lowest BCUT2D eigenvalue weighted by Gasteiger charge is -2.03. The third-order valence-electron chi connectivity index (χ3n) is 3.34.